The van der Waals surface area contributed by atoms with Crippen LogP contribution in [0.4, 0.5) is 5.69 Å². The van der Waals surface area contributed by atoms with E-state index in [0.29, 0.717) is 25.2 Å². The van der Waals surface area contributed by atoms with Gasteiger partial charge in [-0.1, -0.05) is 25.8 Å². The van der Waals surface area contributed by atoms with Crippen LogP contribution in [0.5, 0.6) is 0 Å². The molecule has 0 unspecified atom stereocenters. The molecule has 116 valence electrons. The Morgan fingerprint density at radius 3 is 2.48 bits per heavy atom. The van der Waals surface area contributed by atoms with Gasteiger partial charge in [-0.05, 0) is 31.0 Å². The van der Waals surface area contributed by atoms with E-state index in [4.69, 9.17) is 0 Å². The number of carbonyl (C=O) groups is 1. The zero-order valence-electron chi connectivity index (χ0n) is 12.3. The molecule has 0 bridgehead atoms. The summed E-state index contributed by atoms with van der Waals surface area (Å²) < 4.78 is 26.9. The number of nitrogens with zero attached hydrogens (tertiary/aromatic N) is 1. The molecule has 1 N–H and O–H groups in total. The lowest BCUT2D eigenvalue weighted by molar-refractivity contribution is -0.115. The van der Waals surface area contributed by atoms with Crippen molar-refractivity contribution in [1.29, 1.82) is 0 Å². The molecule has 6 heteroatoms. The Hall–Kier alpha value is -1.40. The molecule has 0 spiro atoms. The average molecular weight is 310 g/mol. The highest BCUT2D eigenvalue weighted by atomic mass is 32.2. The fourth-order valence-electron chi connectivity index (χ4n) is 2.41. The Morgan fingerprint density at radius 1 is 1.19 bits per heavy atom. The van der Waals surface area contributed by atoms with E-state index in [0.717, 1.165) is 25.7 Å². The number of amides is 1. The van der Waals surface area contributed by atoms with Crippen LogP contribution in [0.2, 0.25) is 0 Å². The molecule has 0 aliphatic carbocycles. The molecule has 1 aliphatic rings. The first-order chi connectivity index (χ1) is 10.0. The standard InChI is InChI=1S/C15H22N2O3S/c1-2-15(18)16-13-8-7-9-14(12-13)21(19,20)17-10-5-3-4-6-11-17/h7-9,12H,2-6,10-11H2,1H3,(H,16,18). The van der Waals surface area contributed by atoms with Crippen LogP contribution in [0.1, 0.15) is 39.0 Å². The molecular weight excluding hydrogens is 288 g/mol. The van der Waals surface area contributed by atoms with E-state index in [-0.39, 0.29) is 10.8 Å². The summed E-state index contributed by atoms with van der Waals surface area (Å²) in [6.07, 6.45) is 4.34. The maximum atomic E-state index is 12.7. The molecule has 21 heavy (non-hydrogen) atoms. The summed E-state index contributed by atoms with van der Waals surface area (Å²) in [6, 6.07) is 6.49. The third-order valence-electron chi connectivity index (χ3n) is 3.64. The number of sulfonamides is 1. The molecule has 1 fully saturated rings. The summed E-state index contributed by atoms with van der Waals surface area (Å²) in [7, 11) is -3.47. The largest absolute Gasteiger partial charge is 0.326 e. The molecule has 2 rings (SSSR count). The number of carbonyl (C=O) groups excluding carboxylic acids is 1. The second-order valence-electron chi connectivity index (χ2n) is 5.25. The van der Waals surface area contributed by atoms with Crippen molar-refractivity contribution in [2.75, 3.05) is 18.4 Å². The lowest BCUT2D eigenvalue weighted by Crippen LogP contribution is -2.32. The SMILES string of the molecule is CCC(=O)Nc1cccc(S(=O)(=O)N2CCCCCC2)c1. The third-order valence-corrected chi connectivity index (χ3v) is 5.54. The van der Waals surface area contributed by atoms with Crippen molar-refractivity contribution < 1.29 is 13.2 Å². The molecule has 1 aromatic rings. The van der Waals surface area contributed by atoms with Crippen molar-refractivity contribution in [3.05, 3.63) is 24.3 Å². The van der Waals surface area contributed by atoms with Gasteiger partial charge in [-0.25, -0.2) is 8.42 Å². The summed E-state index contributed by atoms with van der Waals surface area (Å²) in [4.78, 5) is 11.7. The first-order valence-corrected chi connectivity index (χ1v) is 8.88. The molecule has 1 aliphatic heterocycles. The minimum Gasteiger partial charge on any atom is -0.326 e. The van der Waals surface area contributed by atoms with Gasteiger partial charge in [0.1, 0.15) is 0 Å². The van der Waals surface area contributed by atoms with Gasteiger partial charge in [0.15, 0.2) is 0 Å². The number of hydrogen-bond donors (Lipinski definition) is 1. The van der Waals surface area contributed by atoms with Crippen LogP contribution >= 0.6 is 0 Å². The molecule has 0 atom stereocenters. The Morgan fingerprint density at radius 2 is 1.86 bits per heavy atom. The zero-order valence-corrected chi connectivity index (χ0v) is 13.2. The van der Waals surface area contributed by atoms with E-state index in [2.05, 4.69) is 5.32 Å². The van der Waals surface area contributed by atoms with E-state index in [1.807, 2.05) is 0 Å². The predicted molar refractivity (Wildman–Crippen MR) is 82.6 cm³/mol. The predicted octanol–water partition coefficient (Wildman–Crippen LogP) is 2.60. The molecule has 0 saturated carbocycles. The molecule has 0 radical (unpaired) electrons. The Labute approximate surface area is 126 Å². The number of benzene rings is 1. The molecule has 1 amide bonds. The second-order valence-corrected chi connectivity index (χ2v) is 7.19. The fourth-order valence-corrected chi connectivity index (χ4v) is 3.98. The minimum atomic E-state index is -3.47. The van der Waals surface area contributed by atoms with Gasteiger partial charge >= 0.3 is 0 Å². The van der Waals surface area contributed by atoms with Gasteiger partial charge in [0.25, 0.3) is 0 Å². The highest BCUT2D eigenvalue weighted by Crippen LogP contribution is 2.22. The minimum absolute atomic E-state index is 0.126. The molecule has 0 aromatic heterocycles. The van der Waals surface area contributed by atoms with Crippen LogP contribution in [-0.4, -0.2) is 31.7 Å². The summed E-state index contributed by atoms with van der Waals surface area (Å²) in [5.41, 5.74) is 0.526. The smallest absolute Gasteiger partial charge is 0.243 e. The maximum absolute atomic E-state index is 12.7. The van der Waals surface area contributed by atoms with Crippen molar-refractivity contribution in [2.45, 2.75) is 43.9 Å². The summed E-state index contributed by atoms with van der Waals surface area (Å²) in [6.45, 7) is 2.91. The van der Waals surface area contributed by atoms with Crippen LogP contribution in [-0.2, 0) is 14.8 Å². The van der Waals surface area contributed by atoms with E-state index in [9.17, 15) is 13.2 Å². The van der Waals surface area contributed by atoms with Crippen LogP contribution in [0.15, 0.2) is 29.2 Å². The van der Waals surface area contributed by atoms with Crippen LogP contribution in [0, 0.1) is 0 Å². The topological polar surface area (TPSA) is 66.5 Å². The monoisotopic (exact) mass is 310 g/mol. The van der Waals surface area contributed by atoms with Gasteiger partial charge in [-0.15, -0.1) is 0 Å². The highest BCUT2D eigenvalue weighted by Gasteiger charge is 2.25. The maximum Gasteiger partial charge on any atom is 0.243 e. The summed E-state index contributed by atoms with van der Waals surface area (Å²) in [5.74, 6) is -0.126. The van der Waals surface area contributed by atoms with Crippen LogP contribution in [0.25, 0.3) is 0 Å². The van der Waals surface area contributed by atoms with E-state index in [1.165, 1.54) is 6.07 Å². The van der Waals surface area contributed by atoms with Crippen LogP contribution < -0.4 is 5.32 Å². The van der Waals surface area contributed by atoms with Crippen molar-refractivity contribution >= 4 is 21.6 Å². The Bertz CT molecular complexity index is 591. The quantitative estimate of drug-likeness (QED) is 0.929. The fraction of sp³-hybridized carbons (Fsp3) is 0.533. The van der Waals surface area contributed by atoms with Gasteiger partial charge in [-0.3, -0.25) is 4.79 Å². The Kier molecular flexibility index (Phi) is 5.36. The normalized spacial score (nSPS) is 17.2. The lowest BCUT2D eigenvalue weighted by atomic mass is 10.2. The second kappa shape index (κ2) is 7.04. The first kappa shape index (κ1) is 16.0. The van der Waals surface area contributed by atoms with E-state index in [1.54, 1.807) is 29.4 Å². The van der Waals surface area contributed by atoms with Crippen molar-refractivity contribution in [1.82, 2.24) is 4.31 Å². The number of anilines is 1. The number of hydrogen-bond acceptors (Lipinski definition) is 3. The molecule has 1 aromatic carbocycles. The van der Waals surface area contributed by atoms with Crippen molar-refractivity contribution in [3.8, 4) is 0 Å². The van der Waals surface area contributed by atoms with Crippen LogP contribution in [0.3, 0.4) is 0 Å². The lowest BCUT2D eigenvalue weighted by Gasteiger charge is -2.20. The molecular formula is C15H22N2O3S. The third kappa shape index (κ3) is 4.04. The van der Waals surface area contributed by atoms with Crippen molar-refractivity contribution in [3.63, 3.8) is 0 Å². The number of nitrogens with one attached hydrogen (secondary N) is 1. The Balaban J connectivity index is 2.23. The molecule has 5 nitrogen and oxygen atoms in total. The average Bonchev–Trinajstić information content (AvgIpc) is 2.77. The van der Waals surface area contributed by atoms with Gasteiger partial charge in [-0.2, -0.15) is 4.31 Å². The van der Waals surface area contributed by atoms with Gasteiger partial charge in [0.05, 0.1) is 4.90 Å². The molecule has 1 saturated heterocycles. The first-order valence-electron chi connectivity index (χ1n) is 7.44. The van der Waals surface area contributed by atoms with Crippen molar-refractivity contribution in [2.24, 2.45) is 0 Å². The van der Waals surface area contributed by atoms with Gasteiger partial charge in [0, 0.05) is 25.2 Å². The zero-order chi connectivity index (χ0) is 15.3. The van der Waals surface area contributed by atoms with Gasteiger partial charge in [0.2, 0.25) is 15.9 Å². The molecule has 1 heterocycles. The summed E-state index contributed by atoms with van der Waals surface area (Å²) >= 11 is 0. The summed E-state index contributed by atoms with van der Waals surface area (Å²) in [5, 5.41) is 2.70. The number of rotatable bonds is 4. The van der Waals surface area contributed by atoms with Gasteiger partial charge < -0.3 is 5.32 Å². The van der Waals surface area contributed by atoms with E-state index >= 15 is 0 Å². The van der Waals surface area contributed by atoms with E-state index < -0.39 is 10.0 Å². The highest BCUT2D eigenvalue weighted by molar-refractivity contribution is 7.89.